The lowest BCUT2D eigenvalue weighted by molar-refractivity contribution is -0.148. The summed E-state index contributed by atoms with van der Waals surface area (Å²) in [5.41, 5.74) is 7.58. The van der Waals surface area contributed by atoms with Gasteiger partial charge in [-0.25, -0.2) is 4.79 Å². The second-order valence-electron chi connectivity index (χ2n) is 10.5. The SMILES string of the molecule is CCOC(=O)COCc1c2c3c(c(OCc4ccc(-c5ccccc5)cn4)ccc3n1Cc1ccc(Cl)cc1)CC(C)S2. The molecule has 0 saturated heterocycles. The van der Waals surface area contributed by atoms with Gasteiger partial charge in [-0.3, -0.25) is 4.98 Å². The van der Waals surface area contributed by atoms with E-state index >= 15 is 0 Å². The summed E-state index contributed by atoms with van der Waals surface area (Å²) in [6.45, 7) is 5.59. The number of hydrogen-bond acceptors (Lipinski definition) is 6. The molecular formula is C35H33ClN2O4S. The molecule has 3 heterocycles. The zero-order valence-corrected chi connectivity index (χ0v) is 25.8. The molecule has 8 heteroatoms. The van der Waals surface area contributed by atoms with E-state index in [1.165, 1.54) is 15.8 Å². The van der Waals surface area contributed by atoms with Crippen LogP contribution in [0.3, 0.4) is 0 Å². The van der Waals surface area contributed by atoms with Gasteiger partial charge < -0.3 is 18.8 Å². The number of ether oxygens (including phenoxy) is 3. The molecule has 0 saturated carbocycles. The van der Waals surface area contributed by atoms with Crippen LogP contribution in [-0.4, -0.2) is 34.0 Å². The van der Waals surface area contributed by atoms with E-state index in [0.717, 1.165) is 45.8 Å². The molecular weight excluding hydrogens is 580 g/mol. The maximum absolute atomic E-state index is 12.0. The summed E-state index contributed by atoms with van der Waals surface area (Å²) >= 11 is 8.02. The van der Waals surface area contributed by atoms with Crippen LogP contribution in [0.15, 0.2) is 90.0 Å². The summed E-state index contributed by atoms with van der Waals surface area (Å²) in [6, 6.07) is 26.5. The summed E-state index contributed by atoms with van der Waals surface area (Å²) in [4.78, 5) is 17.9. The van der Waals surface area contributed by atoms with Crippen molar-refractivity contribution in [2.75, 3.05) is 13.2 Å². The highest BCUT2D eigenvalue weighted by molar-refractivity contribution is 8.00. The number of hydrogen-bond donors (Lipinski definition) is 0. The Morgan fingerprint density at radius 3 is 2.56 bits per heavy atom. The Balaban J connectivity index is 1.31. The first-order chi connectivity index (χ1) is 21.0. The molecule has 1 unspecified atom stereocenters. The molecule has 3 aromatic carbocycles. The molecule has 220 valence electrons. The van der Waals surface area contributed by atoms with Crippen LogP contribution in [0.25, 0.3) is 22.0 Å². The maximum Gasteiger partial charge on any atom is 0.332 e. The Bertz CT molecular complexity index is 1720. The van der Waals surface area contributed by atoms with Crippen molar-refractivity contribution in [2.45, 2.75) is 50.2 Å². The zero-order valence-electron chi connectivity index (χ0n) is 24.2. The largest absolute Gasteiger partial charge is 0.487 e. The molecule has 0 aliphatic carbocycles. The number of esters is 1. The van der Waals surface area contributed by atoms with Gasteiger partial charge in [0.05, 0.1) is 30.1 Å². The standard InChI is InChI=1S/C35H33ClN2O4S/c1-3-41-33(39)22-40-21-31-35-34-29(17-23(2)43-35)32(16-15-30(34)38(31)19-24-9-12-27(36)13-10-24)42-20-28-14-11-26(18-37-28)25-7-5-4-6-8-25/h4-16,18,23H,3,17,19-22H2,1-2H3. The van der Waals surface area contributed by atoms with E-state index in [0.29, 0.717) is 36.6 Å². The van der Waals surface area contributed by atoms with Gasteiger partial charge in [-0.15, -0.1) is 11.8 Å². The second-order valence-corrected chi connectivity index (χ2v) is 12.4. The van der Waals surface area contributed by atoms with E-state index in [1.807, 2.05) is 66.5 Å². The van der Waals surface area contributed by atoms with Crippen LogP contribution < -0.4 is 4.74 Å². The molecule has 1 atom stereocenters. The number of pyridine rings is 1. The van der Waals surface area contributed by atoms with Gasteiger partial charge in [0, 0.05) is 44.4 Å². The fourth-order valence-electron chi connectivity index (χ4n) is 5.50. The monoisotopic (exact) mass is 612 g/mol. The minimum atomic E-state index is -0.362. The number of carbonyl (C=O) groups is 1. The van der Waals surface area contributed by atoms with Gasteiger partial charge in [-0.2, -0.15) is 0 Å². The molecule has 0 fully saturated rings. The Morgan fingerprint density at radius 1 is 1.00 bits per heavy atom. The number of thioether (sulfide) groups is 1. The summed E-state index contributed by atoms with van der Waals surface area (Å²) in [5.74, 6) is 0.511. The Hall–Kier alpha value is -3.78. The molecule has 2 aromatic heterocycles. The minimum Gasteiger partial charge on any atom is -0.487 e. The van der Waals surface area contributed by atoms with Crippen LogP contribution in [0, 0.1) is 0 Å². The fourth-order valence-corrected chi connectivity index (χ4v) is 6.92. The highest BCUT2D eigenvalue weighted by atomic mass is 35.5. The normalized spacial score (nSPS) is 14.2. The molecule has 0 radical (unpaired) electrons. The predicted molar refractivity (Wildman–Crippen MR) is 172 cm³/mol. The van der Waals surface area contributed by atoms with Gasteiger partial charge in [0.1, 0.15) is 19.0 Å². The topological polar surface area (TPSA) is 62.6 Å². The van der Waals surface area contributed by atoms with E-state index in [4.69, 9.17) is 25.8 Å². The molecule has 1 aliphatic heterocycles. The van der Waals surface area contributed by atoms with Gasteiger partial charge in [0.2, 0.25) is 0 Å². The number of halogens is 1. The molecule has 0 amide bonds. The lowest BCUT2D eigenvalue weighted by Gasteiger charge is -2.22. The Labute approximate surface area is 260 Å². The van der Waals surface area contributed by atoms with Crippen molar-refractivity contribution in [3.05, 3.63) is 113 Å². The first kappa shape index (κ1) is 29.3. The van der Waals surface area contributed by atoms with E-state index < -0.39 is 0 Å². The summed E-state index contributed by atoms with van der Waals surface area (Å²) in [6.07, 6.45) is 2.79. The van der Waals surface area contributed by atoms with Crippen LogP contribution >= 0.6 is 23.4 Å². The molecule has 0 N–H and O–H groups in total. The summed E-state index contributed by atoms with van der Waals surface area (Å²) in [5, 5.41) is 2.24. The average molecular weight is 613 g/mol. The van der Waals surface area contributed by atoms with Gasteiger partial charge >= 0.3 is 5.97 Å². The van der Waals surface area contributed by atoms with E-state index in [-0.39, 0.29) is 12.6 Å². The third-order valence-corrected chi connectivity index (χ3v) is 8.99. The van der Waals surface area contributed by atoms with Crippen molar-refractivity contribution >= 4 is 40.2 Å². The van der Waals surface area contributed by atoms with Crippen LogP contribution in [-0.2, 0) is 40.4 Å². The average Bonchev–Trinajstić information content (AvgIpc) is 3.31. The number of nitrogens with zero attached hydrogens (tertiary/aromatic N) is 2. The fraction of sp³-hybridized carbons (Fsp3) is 0.257. The van der Waals surface area contributed by atoms with Crippen molar-refractivity contribution in [1.82, 2.24) is 9.55 Å². The van der Waals surface area contributed by atoms with Gasteiger partial charge in [-0.05, 0) is 54.8 Å². The zero-order chi connectivity index (χ0) is 29.8. The molecule has 1 aliphatic rings. The minimum absolute atomic E-state index is 0.0900. The highest BCUT2D eigenvalue weighted by Crippen LogP contribution is 2.47. The predicted octanol–water partition coefficient (Wildman–Crippen LogP) is 8.10. The van der Waals surface area contributed by atoms with Gasteiger partial charge in [0.15, 0.2) is 0 Å². The van der Waals surface area contributed by atoms with Crippen LogP contribution in [0.1, 0.15) is 36.4 Å². The lowest BCUT2D eigenvalue weighted by Crippen LogP contribution is -2.14. The number of benzene rings is 3. The van der Waals surface area contributed by atoms with E-state index in [2.05, 4.69) is 46.8 Å². The third kappa shape index (κ3) is 6.59. The van der Waals surface area contributed by atoms with Crippen molar-refractivity contribution in [2.24, 2.45) is 0 Å². The molecule has 0 bridgehead atoms. The van der Waals surface area contributed by atoms with Crippen LogP contribution in [0.2, 0.25) is 5.02 Å². The van der Waals surface area contributed by atoms with Gasteiger partial charge in [-0.1, -0.05) is 67.1 Å². The maximum atomic E-state index is 12.0. The lowest BCUT2D eigenvalue weighted by atomic mass is 10.0. The van der Waals surface area contributed by atoms with Crippen molar-refractivity contribution in [3.63, 3.8) is 0 Å². The Kier molecular flexibility index (Phi) is 9.03. The van der Waals surface area contributed by atoms with Crippen LogP contribution in [0.5, 0.6) is 5.75 Å². The quantitative estimate of drug-likeness (QED) is 0.140. The summed E-state index contributed by atoms with van der Waals surface area (Å²) in [7, 11) is 0. The van der Waals surface area contributed by atoms with E-state index in [9.17, 15) is 4.79 Å². The summed E-state index contributed by atoms with van der Waals surface area (Å²) < 4.78 is 19.7. The second kappa shape index (κ2) is 13.2. The number of rotatable bonds is 11. The first-order valence-corrected chi connectivity index (χ1v) is 15.7. The van der Waals surface area contributed by atoms with Crippen molar-refractivity contribution in [3.8, 4) is 16.9 Å². The van der Waals surface area contributed by atoms with Crippen molar-refractivity contribution < 1.29 is 19.0 Å². The first-order valence-electron chi connectivity index (χ1n) is 14.4. The van der Waals surface area contributed by atoms with Crippen LogP contribution in [0.4, 0.5) is 0 Å². The molecule has 6 nitrogen and oxygen atoms in total. The molecule has 5 aromatic rings. The molecule has 6 rings (SSSR count). The smallest absolute Gasteiger partial charge is 0.332 e. The van der Waals surface area contributed by atoms with Crippen molar-refractivity contribution in [1.29, 1.82) is 0 Å². The number of carbonyl (C=O) groups excluding carboxylic acids is 1. The number of aromatic nitrogens is 2. The molecule has 0 spiro atoms. The van der Waals surface area contributed by atoms with Gasteiger partial charge in [0.25, 0.3) is 0 Å². The van der Waals surface area contributed by atoms with E-state index in [1.54, 1.807) is 6.92 Å². The third-order valence-electron chi connectivity index (χ3n) is 7.49. The Morgan fingerprint density at radius 2 is 1.81 bits per heavy atom. The molecule has 43 heavy (non-hydrogen) atoms. The highest BCUT2D eigenvalue weighted by Gasteiger charge is 2.29.